The molecule has 0 aromatic heterocycles. The molecule has 0 aliphatic carbocycles. The average molecular weight is 964 g/mol. The van der Waals surface area contributed by atoms with E-state index >= 15 is 0 Å². The highest BCUT2D eigenvalue weighted by molar-refractivity contribution is 6.76. The number of benzene rings is 1. The number of nitrogens with one attached hydrogen (secondary N) is 1. The van der Waals surface area contributed by atoms with E-state index in [9.17, 15) is 71.8 Å². The molecule has 0 saturated heterocycles. The van der Waals surface area contributed by atoms with Crippen molar-refractivity contribution in [1.82, 2.24) is 5.32 Å². The Bertz CT molecular complexity index is 1770. The molecule has 23 heteroatoms. The number of ether oxygens (including phenoxy) is 4. The van der Waals surface area contributed by atoms with E-state index in [4.69, 9.17) is 23.4 Å². The summed E-state index contributed by atoms with van der Waals surface area (Å²) >= 11 is 0. The lowest BCUT2D eigenvalue weighted by Crippen LogP contribution is -2.70. The molecule has 1 rings (SSSR count). The summed E-state index contributed by atoms with van der Waals surface area (Å²) in [6.45, 7) is 10.6. The predicted molar refractivity (Wildman–Crippen MR) is 212 cm³/mol. The first-order chi connectivity index (χ1) is 29.3. The van der Waals surface area contributed by atoms with Gasteiger partial charge < -0.3 is 33.8 Å². The van der Waals surface area contributed by atoms with E-state index in [0.717, 1.165) is 6.08 Å². The number of aliphatic hydroxyl groups is 1. The molecule has 0 saturated carbocycles. The Morgan fingerprint density at radius 2 is 1.38 bits per heavy atom. The highest BCUT2D eigenvalue weighted by atomic mass is 28.4. The van der Waals surface area contributed by atoms with Gasteiger partial charge in [0.1, 0.15) is 11.5 Å². The third-order valence-corrected chi connectivity index (χ3v) is 15.6. The van der Waals surface area contributed by atoms with Crippen LogP contribution in [-0.2, 0) is 28.2 Å². The van der Waals surface area contributed by atoms with E-state index in [0.29, 0.717) is 30.1 Å². The lowest BCUT2D eigenvalue weighted by Gasteiger charge is -2.42. The summed E-state index contributed by atoms with van der Waals surface area (Å²) in [6, 6.07) is 5.45. The molecule has 0 fully saturated rings. The van der Waals surface area contributed by atoms with Gasteiger partial charge in [0.05, 0.1) is 19.8 Å². The predicted octanol–water partition coefficient (Wildman–Crippen LogP) is 11.6. The maximum atomic E-state index is 14.9. The lowest BCUT2D eigenvalue weighted by molar-refractivity contribution is -0.440. The number of allylic oxidation sites excluding steroid dienone is 3. The number of esters is 1. The Morgan fingerprint density at radius 1 is 0.812 bits per heavy atom. The number of rotatable bonds is 27. The van der Waals surface area contributed by atoms with Crippen molar-refractivity contribution in [2.45, 2.75) is 114 Å². The number of carbonyl (C=O) groups is 2. The number of halogens is 13. The Hall–Kier alpha value is -4.09. The highest BCUT2D eigenvalue weighted by Crippen LogP contribution is 2.61. The van der Waals surface area contributed by atoms with E-state index in [1.165, 1.54) is 67.0 Å². The molecular formula is C41H54F13NO8Si. The maximum Gasteiger partial charge on any atom is 0.460 e. The summed E-state index contributed by atoms with van der Waals surface area (Å²) in [6.07, 6.45) is -3.06. The number of methoxy groups -OCH3 is 1. The van der Waals surface area contributed by atoms with Gasteiger partial charge in [0.25, 0.3) is 5.91 Å². The van der Waals surface area contributed by atoms with E-state index in [1.54, 1.807) is 37.3 Å². The summed E-state index contributed by atoms with van der Waals surface area (Å²) in [5.41, 5.74) is -1.30. The quantitative estimate of drug-likeness (QED) is 0.00857. The van der Waals surface area contributed by atoms with Crippen molar-refractivity contribution in [3.63, 3.8) is 0 Å². The minimum atomic E-state index is -7.98. The molecule has 2 N–H and O–H groups in total. The van der Waals surface area contributed by atoms with Crippen LogP contribution >= 0.6 is 0 Å². The second kappa shape index (κ2) is 23.9. The van der Waals surface area contributed by atoms with Gasteiger partial charge in [0.15, 0.2) is 20.7 Å². The van der Waals surface area contributed by atoms with Gasteiger partial charge in [0.2, 0.25) is 0 Å². The molecule has 0 aliphatic rings. The number of hydrogen-bond donors (Lipinski definition) is 2. The van der Waals surface area contributed by atoms with Crippen LogP contribution in [0.15, 0.2) is 65.6 Å². The fourth-order valence-electron chi connectivity index (χ4n) is 6.02. The summed E-state index contributed by atoms with van der Waals surface area (Å²) in [4.78, 5) is 25.7. The van der Waals surface area contributed by atoms with Crippen LogP contribution in [-0.4, -0.2) is 101 Å². The number of amides is 1. The Labute approximate surface area is 363 Å². The Morgan fingerprint density at radius 3 is 1.88 bits per heavy atom. The highest BCUT2D eigenvalue weighted by Gasteiger charge is 2.90. The molecule has 0 bridgehead atoms. The molecule has 1 aromatic carbocycles. The van der Waals surface area contributed by atoms with Crippen LogP contribution in [0.1, 0.15) is 66.9 Å². The first kappa shape index (κ1) is 57.9. The maximum absolute atomic E-state index is 14.9. The van der Waals surface area contributed by atoms with Crippen LogP contribution in [0, 0.1) is 5.92 Å². The zero-order valence-corrected chi connectivity index (χ0v) is 37.3. The van der Waals surface area contributed by atoms with Gasteiger partial charge in [-0.05, 0) is 73.2 Å². The third kappa shape index (κ3) is 14.2. The smallest absolute Gasteiger partial charge is 0.460 e. The Balaban J connectivity index is 3.29. The minimum Gasteiger partial charge on any atom is -0.507 e. The van der Waals surface area contributed by atoms with Gasteiger partial charge in [-0.15, -0.1) is 0 Å². The van der Waals surface area contributed by atoms with Gasteiger partial charge in [-0.25, -0.2) is 4.79 Å². The van der Waals surface area contributed by atoms with Gasteiger partial charge >= 0.3 is 41.8 Å². The van der Waals surface area contributed by atoms with E-state index in [2.05, 4.69) is 5.32 Å². The van der Waals surface area contributed by atoms with Crippen LogP contribution in [0.25, 0.3) is 6.08 Å². The van der Waals surface area contributed by atoms with Crippen LogP contribution in [0.5, 0.6) is 5.75 Å². The molecule has 0 unspecified atom stereocenters. The summed E-state index contributed by atoms with van der Waals surface area (Å²) in [5, 5.41) is 13.2. The molecule has 1 atom stereocenters. The standard InChI is InChI=1S/C41H54F13NO8Si/c1-9-29(24-63-64(26(3)4,27(5)6)22-18-36(42,43)37(44,45)38(46,47)39(48,49)40(50,51)41(52,53)54)23-28(7)11-16-32(56)33(35(58)61-10-2)34(57)55-19-17-30-12-14-31(15-13-30)62-25-60-21-20-59-8/h11-17,19,23,26-27,29,56H,9-10,18,20-22,24-25H2,1-8H3,(H,55,57)/b16-11+,19-17+,28-23+,33-32+/t29-/m1/s1. The molecule has 366 valence electrons. The van der Waals surface area contributed by atoms with Gasteiger partial charge in [-0.2, -0.15) is 57.1 Å². The third-order valence-electron chi connectivity index (χ3n) is 9.95. The fraction of sp³-hybridized carbons (Fsp3) is 0.610. The van der Waals surface area contributed by atoms with Gasteiger partial charge in [-0.3, -0.25) is 4.79 Å². The van der Waals surface area contributed by atoms with Crippen molar-refractivity contribution in [3.8, 4) is 5.75 Å². The molecule has 9 nitrogen and oxygen atoms in total. The van der Waals surface area contributed by atoms with Crippen molar-refractivity contribution in [3.05, 3.63) is 71.2 Å². The monoisotopic (exact) mass is 963 g/mol. The van der Waals surface area contributed by atoms with Gasteiger partial charge in [0, 0.05) is 26.3 Å². The van der Waals surface area contributed by atoms with Crippen molar-refractivity contribution >= 4 is 26.3 Å². The first-order valence-corrected chi connectivity index (χ1v) is 22.0. The van der Waals surface area contributed by atoms with Crippen molar-refractivity contribution in [2.75, 3.05) is 40.3 Å². The molecule has 1 amide bonds. The molecule has 64 heavy (non-hydrogen) atoms. The van der Waals surface area contributed by atoms with E-state index < -0.39 is 96.8 Å². The first-order valence-electron chi connectivity index (χ1n) is 19.7. The summed E-state index contributed by atoms with van der Waals surface area (Å²) < 4.78 is 206. The zero-order valence-electron chi connectivity index (χ0n) is 36.3. The fourth-order valence-corrected chi connectivity index (χ4v) is 10.5. The molecular weight excluding hydrogens is 910 g/mol. The van der Waals surface area contributed by atoms with Crippen molar-refractivity contribution < 1.29 is 95.1 Å². The number of hydrogen-bond acceptors (Lipinski definition) is 8. The largest absolute Gasteiger partial charge is 0.507 e. The topological polar surface area (TPSA) is 113 Å². The van der Waals surface area contributed by atoms with Crippen molar-refractivity contribution in [2.24, 2.45) is 5.92 Å². The Kier molecular flexibility index (Phi) is 21.6. The van der Waals surface area contributed by atoms with Crippen LogP contribution in [0.3, 0.4) is 0 Å². The normalized spacial score (nSPS) is 15.0. The molecule has 0 heterocycles. The second-order valence-electron chi connectivity index (χ2n) is 15.0. The molecule has 0 spiro atoms. The minimum absolute atomic E-state index is 0.00967. The van der Waals surface area contributed by atoms with Crippen LogP contribution in [0.4, 0.5) is 57.1 Å². The lowest BCUT2D eigenvalue weighted by atomic mass is 9.93. The summed E-state index contributed by atoms with van der Waals surface area (Å²) in [5.74, 6) is -40.4. The molecule has 0 aliphatic heterocycles. The SMILES string of the molecule is CCOC(=O)\C(C(=O)N/C=C/c1ccc(OCOCCOC)cc1)=C(O)/C=C/C(C)=C/[C@@H](CC)CO[Si](CCC(F)(F)C(F)(F)C(F)(F)C(F)(F)C(F)(F)C(F)(F)F)(C(C)C)C(C)C. The second-order valence-corrected chi connectivity index (χ2v) is 20.0. The average Bonchev–Trinajstić information content (AvgIpc) is 3.19. The van der Waals surface area contributed by atoms with E-state index in [1.807, 2.05) is 0 Å². The number of aliphatic hydroxyl groups excluding tert-OH is 1. The van der Waals surface area contributed by atoms with Gasteiger partial charge in [-0.1, -0.05) is 64.5 Å². The summed E-state index contributed by atoms with van der Waals surface area (Å²) in [7, 11) is -2.32. The van der Waals surface area contributed by atoms with Crippen LogP contribution < -0.4 is 10.1 Å². The van der Waals surface area contributed by atoms with Crippen LogP contribution in [0.2, 0.25) is 17.1 Å². The number of carbonyl (C=O) groups excluding carboxylic acids is 2. The molecule has 0 radical (unpaired) electrons. The molecule has 1 aromatic rings. The number of alkyl halides is 13. The van der Waals surface area contributed by atoms with E-state index in [-0.39, 0.29) is 26.4 Å². The van der Waals surface area contributed by atoms with Crippen molar-refractivity contribution in [1.29, 1.82) is 0 Å². The zero-order chi connectivity index (χ0) is 49.5.